The third-order valence-electron chi connectivity index (χ3n) is 9.51. The molecule has 1 heterocycles. The van der Waals surface area contributed by atoms with Crippen LogP contribution in [-0.2, 0) is 12.8 Å². The van der Waals surface area contributed by atoms with Crippen molar-refractivity contribution in [3.63, 3.8) is 0 Å². The van der Waals surface area contributed by atoms with E-state index in [0.717, 1.165) is 57.7 Å². The normalized spacial score (nSPS) is 12.0. The summed E-state index contributed by atoms with van der Waals surface area (Å²) in [5.41, 5.74) is 12.0. The second-order valence-corrected chi connectivity index (χ2v) is 14.8. The van der Waals surface area contributed by atoms with Gasteiger partial charge in [0, 0.05) is 0 Å². The van der Waals surface area contributed by atoms with E-state index in [0.29, 0.717) is 0 Å². The number of rotatable bonds is 6. The molecule has 1 aromatic heterocycles. The number of hydrogen-bond acceptors (Lipinski definition) is 3. The molecule has 0 atom stereocenters. The van der Waals surface area contributed by atoms with Crippen molar-refractivity contribution in [1.29, 1.82) is 0 Å². The van der Waals surface area contributed by atoms with E-state index in [1.54, 1.807) is 0 Å². The molecule has 0 unspecified atom stereocenters. The molecule has 0 amide bonds. The molecular weight excluding hydrogens is 663 g/mol. The molecule has 4 heteroatoms. The van der Waals surface area contributed by atoms with E-state index in [1.807, 2.05) is 18.2 Å². The summed E-state index contributed by atoms with van der Waals surface area (Å²) in [5, 5.41) is 1.74. The first-order valence-electron chi connectivity index (χ1n) is 16.6. The molecule has 7 aromatic carbocycles. The average molecular weight is 696 g/mol. The van der Waals surface area contributed by atoms with Crippen LogP contribution in [0.25, 0.3) is 19.3 Å². The van der Waals surface area contributed by atoms with Crippen molar-refractivity contribution < 1.29 is 0 Å². The molecular formula is C45H32N2OSe. The van der Waals surface area contributed by atoms with Crippen LogP contribution in [0.3, 0.4) is 0 Å². The van der Waals surface area contributed by atoms with Gasteiger partial charge in [-0.2, -0.15) is 0 Å². The Morgan fingerprint density at radius 1 is 0.408 bits per heavy atom. The SMILES string of the molecule is O=c1c2ccccc2[se]c2cc3c(cc12)Cc1c(cc(N(c2ccccc2)c2ccccc2)cc1N(c1ccccc1)c1ccccc1)C3. The van der Waals surface area contributed by atoms with Crippen molar-refractivity contribution in [2.24, 2.45) is 0 Å². The number of nitrogens with zero attached hydrogens (tertiary/aromatic N) is 2. The number of fused-ring (bicyclic) bond motifs is 4. The molecule has 8 aromatic rings. The van der Waals surface area contributed by atoms with Gasteiger partial charge in [0.1, 0.15) is 0 Å². The van der Waals surface area contributed by atoms with E-state index in [-0.39, 0.29) is 19.9 Å². The van der Waals surface area contributed by atoms with Crippen molar-refractivity contribution in [3.05, 3.63) is 202 Å². The third kappa shape index (κ3) is 5.36. The maximum atomic E-state index is 13.8. The third-order valence-corrected chi connectivity index (χ3v) is 11.9. The predicted molar refractivity (Wildman–Crippen MR) is 206 cm³/mol. The van der Waals surface area contributed by atoms with Crippen molar-refractivity contribution in [2.45, 2.75) is 12.8 Å². The first-order chi connectivity index (χ1) is 24.2. The Bertz CT molecular complexity index is 2430. The predicted octanol–water partition coefficient (Wildman–Crippen LogP) is 10.8. The summed E-state index contributed by atoms with van der Waals surface area (Å²) in [6.07, 6.45) is 1.56. The molecule has 0 fully saturated rings. The van der Waals surface area contributed by atoms with Crippen molar-refractivity contribution in [3.8, 4) is 0 Å². The zero-order valence-corrected chi connectivity index (χ0v) is 28.5. The van der Waals surface area contributed by atoms with Gasteiger partial charge in [-0.05, 0) is 0 Å². The summed E-state index contributed by atoms with van der Waals surface area (Å²) in [6.45, 7) is 0. The molecule has 1 aliphatic rings. The van der Waals surface area contributed by atoms with Gasteiger partial charge in [0.15, 0.2) is 0 Å². The summed E-state index contributed by atoms with van der Waals surface area (Å²) < 4.78 is 2.37. The van der Waals surface area contributed by atoms with Crippen LogP contribution in [0.4, 0.5) is 34.1 Å². The van der Waals surface area contributed by atoms with Gasteiger partial charge >= 0.3 is 293 Å². The number of hydrogen-bond donors (Lipinski definition) is 0. The molecule has 49 heavy (non-hydrogen) atoms. The van der Waals surface area contributed by atoms with E-state index < -0.39 is 0 Å². The van der Waals surface area contributed by atoms with Crippen LogP contribution >= 0.6 is 0 Å². The summed E-state index contributed by atoms with van der Waals surface area (Å²) in [4.78, 5) is 18.5. The Hall–Kier alpha value is -5.67. The quantitative estimate of drug-likeness (QED) is 0.128. The van der Waals surface area contributed by atoms with Gasteiger partial charge in [0.05, 0.1) is 0 Å². The minimum absolute atomic E-state index is 0.0942. The molecule has 3 nitrogen and oxygen atoms in total. The van der Waals surface area contributed by atoms with Crippen LogP contribution in [-0.4, -0.2) is 14.5 Å². The van der Waals surface area contributed by atoms with E-state index in [2.05, 4.69) is 161 Å². The van der Waals surface area contributed by atoms with Crippen LogP contribution in [0.5, 0.6) is 0 Å². The number of para-hydroxylation sites is 4. The van der Waals surface area contributed by atoms with E-state index in [1.165, 1.54) is 30.8 Å². The fourth-order valence-corrected chi connectivity index (χ4v) is 9.58. The fraction of sp³-hybridized carbons (Fsp3) is 0.0444. The topological polar surface area (TPSA) is 23.6 Å². The van der Waals surface area contributed by atoms with Gasteiger partial charge in [-0.1, -0.05) is 0 Å². The molecule has 9 rings (SSSR count). The molecule has 0 saturated carbocycles. The molecule has 0 spiro atoms. The molecule has 0 radical (unpaired) electrons. The van der Waals surface area contributed by atoms with Gasteiger partial charge < -0.3 is 0 Å². The van der Waals surface area contributed by atoms with Crippen LogP contribution in [0.1, 0.15) is 22.3 Å². The Morgan fingerprint density at radius 3 is 1.51 bits per heavy atom. The Morgan fingerprint density at radius 2 is 0.918 bits per heavy atom. The first-order valence-corrected chi connectivity index (χ1v) is 18.4. The Kier molecular flexibility index (Phi) is 7.46. The standard InChI is InChI=1S/C45H32N2OSe/c48-45-39-23-13-14-24-43(39)49-44-29-31-25-33-26-38(46(34-15-5-1-6-16-34)35-17-7-2-8-18-35)30-42(40(33)27-32(31)28-41(44)45)47(36-19-9-3-10-20-36)37-21-11-4-12-22-37/h1-24,26,28-30H,25,27H2. The molecule has 0 N–H and O–H groups in total. The van der Waals surface area contributed by atoms with E-state index in [9.17, 15) is 4.79 Å². The molecule has 0 bridgehead atoms. The minimum atomic E-state index is 0.0942. The monoisotopic (exact) mass is 696 g/mol. The Labute approximate surface area is 291 Å². The van der Waals surface area contributed by atoms with Gasteiger partial charge in [-0.15, -0.1) is 0 Å². The Balaban J connectivity index is 1.30. The molecule has 0 saturated heterocycles. The second kappa shape index (κ2) is 12.4. The molecule has 1 aliphatic carbocycles. The zero-order valence-electron chi connectivity index (χ0n) is 26.8. The number of benzene rings is 7. The summed E-state index contributed by atoms with van der Waals surface area (Å²) in [7, 11) is 0. The van der Waals surface area contributed by atoms with Crippen LogP contribution in [0.2, 0.25) is 0 Å². The van der Waals surface area contributed by atoms with Gasteiger partial charge in [-0.3, -0.25) is 0 Å². The molecule has 234 valence electrons. The average Bonchev–Trinajstić information content (AvgIpc) is 3.16. The van der Waals surface area contributed by atoms with Gasteiger partial charge in [0.2, 0.25) is 0 Å². The second-order valence-electron chi connectivity index (χ2n) is 12.5. The van der Waals surface area contributed by atoms with Gasteiger partial charge in [-0.25, -0.2) is 0 Å². The molecule has 0 aliphatic heterocycles. The van der Waals surface area contributed by atoms with Crippen molar-refractivity contribution in [2.75, 3.05) is 9.80 Å². The van der Waals surface area contributed by atoms with Crippen LogP contribution in [0, 0.1) is 0 Å². The van der Waals surface area contributed by atoms with Crippen LogP contribution in [0.15, 0.2) is 175 Å². The first kappa shape index (κ1) is 29.5. The summed E-state index contributed by atoms with van der Waals surface area (Å²) >= 11 is 0.0942. The number of anilines is 6. The van der Waals surface area contributed by atoms with Crippen molar-refractivity contribution in [1.82, 2.24) is 0 Å². The summed E-state index contributed by atoms with van der Waals surface area (Å²) in [6, 6.07) is 60.0. The summed E-state index contributed by atoms with van der Waals surface area (Å²) in [5.74, 6) is 0. The van der Waals surface area contributed by atoms with Crippen LogP contribution < -0.4 is 15.2 Å². The van der Waals surface area contributed by atoms with Gasteiger partial charge in [0.25, 0.3) is 0 Å². The van der Waals surface area contributed by atoms with Crippen molar-refractivity contribution >= 4 is 67.9 Å². The van der Waals surface area contributed by atoms with E-state index in [4.69, 9.17) is 0 Å². The zero-order chi connectivity index (χ0) is 32.7. The van der Waals surface area contributed by atoms with E-state index >= 15 is 0 Å². The maximum absolute atomic E-state index is 13.8. The fourth-order valence-electron chi connectivity index (χ4n) is 7.23.